The Morgan fingerprint density at radius 1 is 1.25 bits per heavy atom. The fraction of sp³-hybridized carbons (Fsp3) is 0.438. The summed E-state index contributed by atoms with van der Waals surface area (Å²) in [5.74, 6) is 0.694. The maximum atomic E-state index is 13.8. The summed E-state index contributed by atoms with van der Waals surface area (Å²) in [5.41, 5.74) is 1.01. The van der Waals surface area contributed by atoms with Crippen molar-refractivity contribution in [2.24, 2.45) is 0 Å². The van der Waals surface area contributed by atoms with Crippen LogP contribution in [0, 0.1) is 13.8 Å². The molecule has 3 saturated carbocycles. The van der Waals surface area contributed by atoms with Crippen LogP contribution < -0.4 is 5.43 Å². The molecule has 4 heteroatoms. The van der Waals surface area contributed by atoms with E-state index in [1.807, 2.05) is 19.1 Å². The van der Waals surface area contributed by atoms with Gasteiger partial charge in [0.1, 0.15) is 11.4 Å². The Hall–Kier alpha value is -1.16. The van der Waals surface area contributed by atoms with Gasteiger partial charge in [-0.25, -0.2) is 4.39 Å². The van der Waals surface area contributed by atoms with Crippen LogP contribution in [0.25, 0.3) is 11.0 Å². The quantitative estimate of drug-likeness (QED) is 0.776. The number of benzene rings is 1. The summed E-state index contributed by atoms with van der Waals surface area (Å²) >= 11 is 3.46. The fourth-order valence-corrected chi connectivity index (χ4v) is 4.55. The second-order valence-electron chi connectivity index (χ2n) is 6.47. The van der Waals surface area contributed by atoms with E-state index in [0.29, 0.717) is 41.6 Å². The predicted molar refractivity (Wildman–Crippen MR) is 79.0 cm³/mol. The third-order valence-electron chi connectivity index (χ3n) is 4.77. The zero-order valence-electron chi connectivity index (χ0n) is 11.3. The molecule has 0 unspecified atom stereocenters. The zero-order valence-corrected chi connectivity index (χ0v) is 12.9. The molecule has 1 aromatic heterocycles. The predicted octanol–water partition coefficient (Wildman–Crippen LogP) is 4.32. The van der Waals surface area contributed by atoms with Crippen molar-refractivity contribution in [1.29, 1.82) is 0 Å². The molecule has 0 spiro atoms. The van der Waals surface area contributed by atoms with Crippen molar-refractivity contribution < 1.29 is 8.81 Å². The molecular formula is C16H14BrFO2. The van der Waals surface area contributed by atoms with Crippen molar-refractivity contribution in [3.63, 3.8) is 0 Å². The smallest absolute Gasteiger partial charge is 0.195 e. The van der Waals surface area contributed by atoms with Crippen LogP contribution in [0.3, 0.4) is 0 Å². The molecule has 104 valence electrons. The van der Waals surface area contributed by atoms with Gasteiger partial charge in [0, 0.05) is 11.0 Å². The molecule has 2 bridgehead atoms. The largest absolute Gasteiger partial charge is 0.459 e. The second kappa shape index (κ2) is 3.53. The average Bonchev–Trinajstić information content (AvgIpc) is 2.30. The summed E-state index contributed by atoms with van der Waals surface area (Å²) in [6.45, 7) is 3.74. The van der Waals surface area contributed by atoms with Gasteiger partial charge in [-0.05, 0) is 66.7 Å². The highest BCUT2D eigenvalue weighted by Crippen LogP contribution is 2.70. The van der Waals surface area contributed by atoms with Crippen LogP contribution in [-0.2, 0) is 5.41 Å². The topological polar surface area (TPSA) is 30.2 Å². The monoisotopic (exact) mass is 336 g/mol. The molecular weight excluding hydrogens is 323 g/mol. The van der Waals surface area contributed by atoms with E-state index >= 15 is 0 Å². The SMILES string of the molecule is Cc1cc(Br)c2oc(C34CC(F)(C3)C4)c(C)c(=O)c2c1. The Morgan fingerprint density at radius 2 is 1.90 bits per heavy atom. The van der Waals surface area contributed by atoms with Crippen molar-refractivity contribution >= 4 is 26.9 Å². The van der Waals surface area contributed by atoms with Gasteiger partial charge >= 0.3 is 0 Å². The Kier molecular flexibility index (Phi) is 2.22. The van der Waals surface area contributed by atoms with Gasteiger partial charge in [0.15, 0.2) is 11.0 Å². The molecule has 2 aromatic rings. The molecule has 5 rings (SSSR count). The molecule has 0 aliphatic heterocycles. The van der Waals surface area contributed by atoms with Crippen LogP contribution >= 0.6 is 15.9 Å². The number of alkyl halides is 1. The van der Waals surface area contributed by atoms with Gasteiger partial charge < -0.3 is 4.42 Å². The maximum Gasteiger partial charge on any atom is 0.195 e. The van der Waals surface area contributed by atoms with Gasteiger partial charge in [0.05, 0.1) is 9.86 Å². The molecule has 0 amide bonds. The first-order valence-electron chi connectivity index (χ1n) is 6.77. The standard InChI is InChI=1S/C16H14BrFO2/c1-8-3-10-12(19)9(2)14(20-13(10)11(17)4-8)15-5-16(18,6-15)7-15/h3-4H,5-7H2,1-2H3. The molecule has 3 fully saturated rings. The average molecular weight is 337 g/mol. The summed E-state index contributed by atoms with van der Waals surface area (Å²) in [7, 11) is 0. The molecule has 20 heavy (non-hydrogen) atoms. The van der Waals surface area contributed by atoms with E-state index in [1.54, 1.807) is 6.92 Å². The van der Waals surface area contributed by atoms with Gasteiger partial charge in [-0.1, -0.05) is 0 Å². The summed E-state index contributed by atoms with van der Waals surface area (Å²) in [6, 6.07) is 3.78. The fourth-order valence-electron chi connectivity index (χ4n) is 3.90. The third-order valence-corrected chi connectivity index (χ3v) is 5.35. The van der Waals surface area contributed by atoms with E-state index in [9.17, 15) is 9.18 Å². The first-order valence-corrected chi connectivity index (χ1v) is 7.56. The summed E-state index contributed by atoms with van der Waals surface area (Å²) < 4.78 is 20.6. The maximum absolute atomic E-state index is 13.8. The Balaban J connectivity index is 2.00. The Bertz CT molecular complexity index is 802. The lowest BCUT2D eigenvalue weighted by Gasteiger charge is -2.65. The third kappa shape index (κ3) is 1.40. The lowest BCUT2D eigenvalue weighted by atomic mass is 9.41. The second-order valence-corrected chi connectivity index (χ2v) is 7.32. The van der Waals surface area contributed by atoms with Gasteiger partial charge in [-0.15, -0.1) is 0 Å². The van der Waals surface area contributed by atoms with E-state index in [4.69, 9.17) is 4.42 Å². The molecule has 0 atom stereocenters. The number of aryl methyl sites for hydroxylation is 1. The normalized spacial score (nSPS) is 31.0. The summed E-state index contributed by atoms with van der Waals surface area (Å²) in [5, 5.41) is 0.597. The van der Waals surface area contributed by atoms with Gasteiger partial charge in [0.25, 0.3) is 0 Å². The lowest BCUT2D eigenvalue weighted by molar-refractivity contribution is -0.167. The van der Waals surface area contributed by atoms with Gasteiger partial charge in [-0.3, -0.25) is 4.79 Å². The molecule has 1 aromatic carbocycles. The molecule has 1 heterocycles. The molecule has 3 aliphatic rings. The number of hydrogen-bond acceptors (Lipinski definition) is 2. The lowest BCUT2D eigenvalue weighted by Crippen LogP contribution is -2.67. The summed E-state index contributed by atoms with van der Waals surface area (Å²) in [4.78, 5) is 12.6. The minimum absolute atomic E-state index is 0.00304. The van der Waals surface area contributed by atoms with Crippen LogP contribution in [0.15, 0.2) is 25.8 Å². The van der Waals surface area contributed by atoms with Crippen molar-refractivity contribution in [3.8, 4) is 0 Å². The number of rotatable bonds is 1. The van der Waals surface area contributed by atoms with Gasteiger partial charge in [-0.2, -0.15) is 0 Å². The molecule has 0 N–H and O–H groups in total. The van der Waals surface area contributed by atoms with E-state index in [-0.39, 0.29) is 10.8 Å². The zero-order chi connectivity index (χ0) is 14.3. The van der Waals surface area contributed by atoms with Gasteiger partial charge in [0.2, 0.25) is 0 Å². The highest BCUT2D eigenvalue weighted by molar-refractivity contribution is 9.10. The summed E-state index contributed by atoms with van der Waals surface area (Å²) in [6.07, 6.45) is 1.50. The van der Waals surface area contributed by atoms with E-state index in [0.717, 1.165) is 10.0 Å². The van der Waals surface area contributed by atoms with Crippen LogP contribution in [0.5, 0.6) is 0 Å². The van der Waals surface area contributed by atoms with Crippen LogP contribution in [0.1, 0.15) is 36.1 Å². The van der Waals surface area contributed by atoms with Crippen LogP contribution in [0.4, 0.5) is 4.39 Å². The van der Waals surface area contributed by atoms with Crippen molar-refractivity contribution in [2.75, 3.05) is 0 Å². The molecule has 2 nitrogen and oxygen atoms in total. The minimum Gasteiger partial charge on any atom is -0.459 e. The van der Waals surface area contributed by atoms with Crippen molar-refractivity contribution in [3.05, 3.63) is 43.7 Å². The van der Waals surface area contributed by atoms with Crippen molar-refractivity contribution in [2.45, 2.75) is 44.2 Å². The molecule has 0 saturated heterocycles. The molecule has 0 radical (unpaired) electrons. The first kappa shape index (κ1) is 12.6. The first-order chi connectivity index (χ1) is 9.34. The highest BCUT2D eigenvalue weighted by atomic mass is 79.9. The Morgan fingerprint density at radius 3 is 2.50 bits per heavy atom. The van der Waals surface area contributed by atoms with E-state index < -0.39 is 5.67 Å². The van der Waals surface area contributed by atoms with Crippen LogP contribution in [-0.4, -0.2) is 5.67 Å². The van der Waals surface area contributed by atoms with E-state index in [1.165, 1.54) is 0 Å². The number of hydrogen-bond donors (Lipinski definition) is 0. The van der Waals surface area contributed by atoms with Crippen LogP contribution in [0.2, 0.25) is 0 Å². The minimum atomic E-state index is -0.996. The number of halogens is 2. The Labute approximate surface area is 124 Å². The molecule has 3 aliphatic carbocycles. The van der Waals surface area contributed by atoms with E-state index in [2.05, 4.69) is 15.9 Å². The van der Waals surface area contributed by atoms with Crippen molar-refractivity contribution in [1.82, 2.24) is 0 Å². The number of fused-ring (bicyclic) bond motifs is 1. The highest BCUT2D eigenvalue weighted by Gasteiger charge is 2.71.